The molecule has 0 saturated carbocycles. The number of hydrogen-bond donors (Lipinski definition) is 1. The van der Waals surface area contributed by atoms with Gasteiger partial charge in [-0.15, -0.1) is 0 Å². The van der Waals surface area contributed by atoms with Crippen LogP contribution in [0.25, 0.3) is 16.7 Å². The Morgan fingerprint density at radius 1 is 1.09 bits per heavy atom. The Morgan fingerprint density at radius 2 is 1.82 bits per heavy atom. The van der Waals surface area contributed by atoms with E-state index >= 15 is 0 Å². The van der Waals surface area contributed by atoms with Crippen LogP contribution in [-0.4, -0.2) is 9.67 Å². The van der Waals surface area contributed by atoms with Crippen LogP contribution in [0.4, 0.5) is 13.2 Å². The summed E-state index contributed by atoms with van der Waals surface area (Å²) >= 11 is 6.85. The van der Waals surface area contributed by atoms with Crippen molar-refractivity contribution < 1.29 is 22.7 Å². The summed E-state index contributed by atoms with van der Waals surface area (Å²) in [5.41, 5.74) is -2.62. The fourth-order valence-electron chi connectivity index (χ4n) is 4.24. The van der Waals surface area contributed by atoms with Gasteiger partial charge in [0.2, 0.25) is 0 Å². The smallest absolute Gasteiger partial charge is 0.416 e. The molecule has 5 rings (SSSR count). The molecule has 5 nitrogen and oxygen atoms in total. The number of fused-ring (bicyclic) bond motifs is 4. The van der Waals surface area contributed by atoms with Gasteiger partial charge in [-0.25, -0.2) is 4.79 Å². The minimum Gasteiger partial charge on any atom is -0.505 e. The van der Waals surface area contributed by atoms with Gasteiger partial charge in [-0.3, -0.25) is 9.36 Å². The van der Waals surface area contributed by atoms with Crippen molar-refractivity contribution in [1.82, 2.24) is 4.57 Å². The third-order valence-corrected chi connectivity index (χ3v) is 7.20. The largest absolute Gasteiger partial charge is 0.505 e. The van der Waals surface area contributed by atoms with E-state index in [-0.39, 0.29) is 21.6 Å². The molecule has 0 atom stereocenters. The van der Waals surface area contributed by atoms with Gasteiger partial charge < -0.3 is 9.52 Å². The van der Waals surface area contributed by atoms with Gasteiger partial charge in [-0.1, -0.05) is 49.3 Å². The third kappa shape index (κ3) is 3.33. The number of alkyl halides is 3. The first-order valence-electron chi connectivity index (χ1n) is 10.0. The van der Waals surface area contributed by atoms with E-state index in [0.29, 0.717) is 21.2 Å². The Hall–Kier alpha value is -3.17. The molecule has 0 fully saturated rings. The van der Waals surface area contributed by atoms with Crippen LogP contribution in [0.3, 0.4) is 0 Å². The van der Waals surface area contributed by atoms with Gasteiger partial charge >= 0.3 is 11.8 Å². The topological polar surface area (TPSA) is 72.4 Å². The second-order valence-corrected chi connectivity index (χ2v) is 9.91. The zero-order valence-corrected chi connectivity index (χ0v) is 19.2. The molecule has 10 heteroatoms. The number of aromatic hydroxyl groups is 1. The maximum absolute atomic E-state index is 13.6. The van der Waals surface area contributed by atoms with Gasteiger partial charge in [0.15, 0.2) is 5.75 Å². The van der Waals surface area contributed by atoms with E-state index in [1.54, 1.807) is 38.1 Å². The van der Waals surface area contributed by atoms with Crippen LogP contribution in [0.15, 0.2) is 72.3 Å². The van der Waals surface area contributed by atoms with E-state index in [1.807, 2.05) is 0 Å². The monoisotopic (exact) mass is 505 g/mol. The molecule has 1 N–H and O–H groups in total. The van der Waals surface area contributed by atoms with Crippen molar-refractivity contribution in [3.8, 4) is 11.4 Å². The molecule has 34 heavy (non-hydrogen) atoms. The Balaban J connectivity index is 1.79. The molecule has 0 aliphatic carbocycles. The van der Waals surface area contributed by atoms with Gasteiger partial charge in [-0.05, 0) is 35.9 Å². The Kier molecular flexibility index (Phi) is 4.93. The number of benzene rings is 2. The van der Waals surface area contributed by atoms with Crippen LogP contribution in [0, 0.1) is 0 Å². The molecule has 2 aromatic heterocycles. The highest BCUT2D eigenvalue weighted by molar-refractivity contribution is 7.99. The average molecular weight is 506 g/mol. The number of rotatable bonds is 2. The lowest BCUT2D eigenvalue weighted by atomic mass is 9.83. The van der Waals surface area contributed by atoms with E-state index in [1.165, 1.54) is 12.1 Å². The molecule has 2 aromatic carbocycles. The predicted octanol–water partition coefficient (Wildman–Crippen LogP) is 6.11. The Labute approximate surface area is 199 Å². The molecule has 0 radical (unpaired) electrons. The highest BCUT2D eigenvalue weighted by Gasteiger charge is 2.40. The van der Waals surface area contributed by atoms with Crippen LogP contribution in [0.2, 0.25) is 5.02 Å². The normalized spacial score (nSPS) is 14.3. The van der Waals surface area contributed by atoms with E-state index in [2.05, 4.69) is 0 Å². The zero-order valence-electron chi connectivity index (χ0n) is 17.7. The molecule has 1 aliphatic heterocycles. The molecule has 4 aromatic rings. The summed E-state index contributed by atoms with van der Waals surface area (Å²) in [7, 11) is 0. The standard InChI is InChI=1S/C24H15ClF3NO4S/c1-23(2)14-7-6-11(24(26,27)28)8-15(14)29-17(23)10-16-18(21(29)31)19(30)20(22(32)33-16)34-13-5-3-4-12(25)9-13/h3-10,30H,1-2H3. The lowest BCUT2D eigenvalue weighted by Crippen LogP contribution is -2.24. The van der Waals surface area contributed by atoms with Gasteiger partial charge in [0, 0.05) is 27.1 Å². The molecular formula is C24H15ClF3NO4S. The summed E-state index contributed by atoms with van der Waals surface area (Å²) in [4.78, 5) is 26.5. The maximum atomic E-state index is 13.6. The van der Waals surface area contributed by atoms with Crippen molar-refractivity contribution in [2.24, 2.45) is 0 Å². The number of hydrogen-bond acceptors (Lipinski definition) is 5. The number of pyridine rings is 1. The summed E-state index contributed by atoms with van der Waals surface area (Å²) in [5.74, 6) is -0.602. The molecule has 174 valence electrons. The third-order valence-electron chi connectivity index (χ3n) is 5.91. The van der Waals surface area contributed by atoms with Crippen LogP contribution < -0.4 is 11.2 Å². The Morgan fingerprint density at radius 3 is 2.50 bits per heavy atom. The average Bonchev–Trinajstić information content (AvgIpc) is 2.97. The summed E-state index contributed by atoms with van der Waals surface area (Å²) in [6.07, 6.45) is -4.60. The van der Waals surface area contributed by atoms with Crippen LogP contribution in [-0.2, 0) is 11.6 Å². The van der Waals surface area contributed by atoms with Crippen molar-refractivity contribution in [3.05, 3.63) is 91.1 Å². The van der Waals surface area contributed by atoms with E-state index in [0.717, 1.165) is 28.5 Å². The van der Waals surface area contributed by atoms with Gasteiger partial charge in [0.25, 0.3) is 5.56 Å². The maximum Gasteiger partial charge on any atom is 0.416 e. The predicted molar refractivity (Wildman–Crippen MR) is 122 cm³/mol. The molecule has 0 bridgehead atoms. The molecular weight excluding hydrogens is 491 g/mol. The van der Waals surface area contributed by atoms with Crippen molar-refractivity contribution in [3.63, 3.8) is 0 Å². The van der Waals surface area contributed by atoms with Crippen molar-refractivity contribution in [1.29, 1.82) is 0 Å². The second-order valence-electron chi connectivity index (χ2n) is 8.39. The number of halogens is 4. The summed E-state index contributed by atoms with van der Waals surface area (Å²) in [6.45, 7) is 3.51. The molecule has 0 amide bonds. The first-order valence-corrected chi connectivity index (χ1v) is 11.2. The number of nitrogens with zero attached hydrogens (tertiary/aromatic N) is 1. The van der Waals surface area contributed by atoms with E-state index in [4.69, 9.17) is 16.0 Å². The molecule has 0 saturated heterocycles. The van der Waals surface area contributed by atoms with Crippen molar-refractivity contribution >= 4 is 34.3 Å². The molecule has 3 heterocycles. The first-order chi connectivity index (χ1) is 15.9. The summed E-state index contributed by atoms with van der Waals surface area (Å²) in [6, 6.07) is 11.2. The summed E-state index contributed by atoms with van der Waals surface area (Å²) < 4.78 is 46.7. The minimum atomic E-state index is -4.60. The van der Waals surface area contributed by atoms with Crippen molar-refractivity contribution in [2.75, 3.05) is 0 Å². The number of aromatic nitrogens is 1. The van der Waals surface area contributed by atoms with E-state index in [9.17, 15) is 27.9 Å². The van der Waals surface area contributed by atoms with Crippen LogP contribution in [0.5, 0.6) is 5.75 Å². The first kappa shape index (κ1) is 22.6. The minimum absolute atomic E-state index is 0.0661. The van der Waals surface area contributed by atoms with Gasteiger partial charge in [0.05, 0.1) is 11.3 Å². The molecule has 0 spiro atoms. The van der Waals surface area contributed by atoms with Gasteiger partial charge in [0.1, 0.15) is 15.9 Å². The fraction of sp³-hybridized carbons (Fsp3) is 0.167. The van der Waals surface area contributed by atoms with Crippen molar-refractivity contribution in [2.45, 2.75) is 35.2 Å². The second kappa shape index (κ2) is 7.41. The zero-order chi connectivity index (χ0) is 24.6. The highest BCUT2D eigenvalue weighted by Crippen LogP contribution is 2.45. The highest BCUT2D eigenvalue weighted by atomic mass is 35.5. The SMILES string of the molecule is CC1(C)c2ccc(C(F)(F)F)cc2-n2c1cc1oc(=O)c(Sc3cccc(Cl)c3)c(O)c1c2=O. The molecule has 0 unspecified atom stereocenters. The van der Waals surface area contributed by atoms with Crippen LogP contribution in [0.1, 0.15) is 30.7 Å². The van der Waals surface area contributed by atoms with Gasteiger partial charge in [-0.2, -0.15) is 13.2 Å². The van der Waals surface area contributed by atoms with E-state index < -0.39 is 34.1 Å². The summed E-state index contributed by atoms with van der Waals surface area (Å²) in [5, 5.41) is 11.0. The fourth-order valence-corrected chi connectivity index (χ4v) is 5.39. The Bertz CT molecular complexity index is 1620. The van der Waals surface area contributed by atoms with Crippen LogP contribution >= 0.6 is 23.4 Å². The molecule has 1 aliphatic rings. The lowest BCUT2D eigenvalue weighted by Gasteiger charge is -2.20. The quantitative estimate of drug-likeness (QED) is 0.356. The lowest BCUT2D eigenvalue weighted by molar-refractivity contribution is -0.137.